The van der Waals surface area contributed by atoms with E-state index in [4.69, 9.17) is 0 Å². The second kappa shape index (κ2) is 6.92. The summed E-state index contributed by atoms with van der Waals surface area (Å²) in [6, 6.07) is 0.579. The van der Waals surface area contributed by atoms with Crippen LogP contribution in [-0.2, 0) is 6.42 Å². The summed E-state index contributed by atoms with van der Waals surface area (Å²) in [4.78, 5) is 4.23. The molecule has 0 fully saturated rings. The van der Waals surface area contributed by atoms with E-state index in [0.717, 1.165) is 26.1 Å². The van der Waals surface area contributed by atoms with Crippen molar-refractivity contribution < 1.29 is 0 Å². The summed E-state index contributed by atoms with van der Waals surface area (Å²) in [5.74, 6) is 0. The highest BCUT2D eigenvalue weighted by Gasteiger charge is 1.95. The Labute approximate surface area is 89.9 Å². The maximum atomic E-state index is 4.23. The zero-order chi connectivity index (χ0) is 10.2. The van der Waals surface area contributed by atoms with E-state index < -0.39 is 0 Å². The molecule has 0 aromatic carbocycles. The first-order valence-electron chi connectivity index (χ1n) is 5.11. The molecule has 0 aliphatic rings. The Hall–Kier alpha value is -0.450. The number of nitrogens with zero attached hydrogens (tertiary/aromatic N) is 1. The van der Waals surface area contributed by atoms with Gasteiger partial charge in [0.2, 0.25) is 0 Å². The van der Waals surface area contributed by atoms with Gasteiger partial charge in [0.25, 0.3) is 0 Å². The molecule has 80 valence electrons. The fourth-order valence-electron chi connectivity index (χ4n) is 1.15. The van der Waals surface area contributed by atoms with Gasteiger partial charge in [-0.15, -0.1) is 11.3 Å². The molecular formula is C10H19N3S. The first kappa shape index (κ1) is 11.6. The van der Waals surface area contributed by atoms with Gasteiger partial charge in [0.15, 0.2) is 0 Å². The van der Waals surface area contributed by atoms with Crippen LogP contribution in [0.3, 0.4) is 0 Å². The minimum absolute atomic E-state index is 0.579. The van der Waals surface area contributed by atoms with Gasteiger partial charge in [0, 0.05) is 43.7 Å². The summed E-state index contributed by atoms with van der Waals surface area (Å²) in [5.41, 5.74) is 0. The van der Waals surface area contributed by atoms with E-state index >= 15 is 0 Å². The molecule has 0 saturated carbocycles. The summed E-state index contributed by atoms with van der Waals surface area (Å²) in [7, 11) is 0. The molecule has 1 aromatic heterocycles. The summed E-state index contributed by atoms with van der Waals surface area (Å²) in [6.45, 7) is 7.41. The van der Waals surface area contributed by atoms with Crippen molar-refractivity contribution in [1.29, 1.82) is 0 Å². The highest BCUT2D eigenvalue weighted by atomic mass is 32.1. The molecule has 0 unspecified atom stereocenters. The maximum Gasteiger partial charge on any atom is 0.0937 e. The monoisotopic (exact) mass is 213 g/mol. The van der Waals surface area contributed by atoms with Crippen molar-refractivity contribution in [3.63, 3.8) is 0 Å². The SMILES string of the molecule is CC(C)NCCNCCc1nccs1. The van der Waals surface area contributed by atoms with Crippen molar-refractivity contribution in [2.75, 3.05) is 19.6 Å². The smallest absolute Gasteiger partial charge is 0.0937 e. The molecule has 0 amide bonds. The van der Waals surface area contributed by atoms with Crippen molar-refractivity contribution in [2.45, 2.75) is 26.3 Å². The summed E-state index contributed by atoms with van der Waals surface area (Å²) in [6.07, 6.45) is 2.90. The Morgan fingerprint density at radius 2 is 2.21 bits per heavy atom. The van der Waals surface area contributed by atoms with Gasteiger partial charge in [-0.3, -0.25) is 0 Å². The van der Waals surface area contributed by atoms with E-state index in [2.05, 4.69) is 29.5 Å². The van der Waals surface area contributed by atoms with Crippen LogP contribution in [0.1, 0.15) is 18.9 Å². The number of nitrogens with one attached hydrogen (secondary N) is 2. The van der Waals surface area contributed by atoms with Crippen LogP contribution in [0.25, 0.3) is 0 Å². The highest BCUT2D eigenvalue weighted by molar-refractivity contribution is 7.09. The number of hydrogen-bond donors (Lipinski definition) is 2. The van der Waals surface area contributed by atoms with Crippen LogP contribution in [0.15, 0.2) is 11.6 Å². The standard InChI is InChI=1S/C10H19N3S/c1-9(2)12-6-5-11-4-3-10-13-7-8-14-10/h7-9,11-12H,3-6H2,1-2H3. The molecule has 2 N–H and O–H groups in total. The molecule has 4 heteroatoms. The molecule has 0 saturated heterocycles. The topological polar surface area (TPSA) is 37.0 Å². The third-order valence-electron chi connectivity index (χ3n) is 1.85. The van der Waals surface area contributed by atoms with Crippen LogP contribution in [0.2, 0.25) is 0 Å². The Kier molecular flexibility index (Phi) is 5.75. The van der Waals surface area contributed by atoms with E-state index in [1.807, 2.05) is 11.6 Å². The quantitative estimate of drug-likeness (QED) is 0.670. The minimum atomic E-state index is 0.579. The Balaban J connectivity index is 1.90. The lowest BCUT2D eigenvalue weighted by Crippen LogP contribution is -2.32. The zero-order valence-electron chi connectivity index (χ0n) is 8.92. The second-order valence-electron chi connectivity index (χ2n) is 3.53. The van der Waals surface area contributed by atoms with Crippen molar-refractivity contribution in [2.24, 2.45) is 0 Å². The first-order chi connectivity index (χ1) is 6.79. The lowest BCUT2D eigenvalue weighted by Gasteiger charge is -2.08. The molecule has 0 spiro atoms. The zero-order valence-corrected chi connectivity index (χ0v) is 9.73. The van der Waals surface area contributed by atoms with Crippen LogP contribution >= 0.6 is 11.3 Å². The average molecular weight is 213 g/mol. The lowest BCUT2D eigenvalue weighted by atomic mass is 10.4. The molecule has 1 rings (SSSR count). The fraction of sp³-hybridized carbons (Fsp3) is 0.700. The van der Waals surface area contributed by atoms with Gasteiger partial charge in [-0.2, -0.15) is 0 Å². The van der Waals surface area contributed by atoms with Gasteiger partial charge < -0.3 is 10.6 Å². The molecule has 0 atom stereocenters. The van der Waals surface area contributed by atoms with Crippen LogP contribution in [0.4, 0.5) is 0 Å². The number of aromatic nitrogens is 1. The molecule has 14 heavy (non-hydrogen) atoms. The van der Waals surface area contributed by atoms with Gasteiger partial charge in [-0.25, -0.2) is 4.98 Å². The summed E-state index contributed by atoms with van der Waals surface area (Å²) < 4.78 is 0. The van der Waals surface area contributed by atoms with Gasteiger partial charge in [0.05, 0.1) is 5.01 Å². The molecule has 1 heterocycles. The number of rotatable bonds is 7. The van der Waals surface area contributed by atoms with Crippen LogP contribution < -0.4 is 10.6 Å². The predicted octanol–water partition coefficient (Wildman–Crippen LogP) is 1.27. The normalized spacial score (nSPS) is 11.1. The van der Waals surface area contributed by atoms with E-state index in [0.29, 0.717) is 6.04 Å². The van der Waals surface area contributed by atoms with Crippen molar-refractivity contribution >= 4 is 11.3 Å². The molecule has 0 bridgehead atoms. The fourth-order valence-corrected chi connectivity index (χ4v) is 1.77. The van der Waals surface area contributed by atoms with Gasteiger partial charge in [-0.1, -0.05) is 13.8 Å². The largest absolute Gasteiger partial charge is 0.315 e. The van der Waals surface area contributed by atoms with Gasteiger partial charge in [-0.05, 0) is 0 Å². The highest BCUT2D eigenvalue weighted by Crippen LogP contribution is 2.02. The number of hydrogen-bond acceptors (Lipinski definition) is 4. The van der Waals surface area contributed by atoms with Crippen molar-refractivity contribution in [3.05, 3.63) is 16.6 Å². The Morgan fingerprint density at radius 3 is 2.86 bits per heavy atom. The number of thiazole rings is 1. The molecule has 1 aromatic rings. The molecule has 0 aliphatic carbocycles. The first-order valence-corrected chi connectivity index (χ1v) is 5.99. The van der Waals surface area contributed by atoms with Crippen molar-refractivity contribution in [3.8, 4) is 0 Å². The van der Waals surface area contributed by atoms with Crippen LogP contribution in [-0.4, -0.2) is 30.7 Å². The third kappa shape index (κ3) is 5.32. The van der Waals surface area contributed by atoms with E-state index in [1.165, 1.54) is 5.01 Å². The third-order valence-corrected chi connectivity index (χ3v) is 2.69. The maximum absolute atomic E-state index is 4.23. The Morgan fingerprint density at radius 1 is 1.36 bits per heavy atom. The molecule has 0 radical (unpaired) electrons. The van der Waals surface area contributed by atoms with E-state index in [1.54, 1.807) is 11.3 Å². The minimum Gasteiger partial charge on any atom is -0.315 e. The second-order valence-corrected chi connectivity index (χ2v) is 4.51. The van der Waals surface area contributed by atoms with Gasteiger partial charge in [0.1, 0.15) is 0 Å². The van der Waals surface area contributed by atoms with Crippen molar-refractivity contribution in [1.82, 2.24) is 15.6 Å². The molecule has 3 nitrogen and oxygen atoms in total. The molecular weight excluding hydrogens is 194 g/mol. The Bertz CT molecular complexity index is 221. The van der Waals surface area contributed by atoms with Crippen LogP contribution in [0.5, 0.6) is 0 Å². The van der Waals surface area contributed by atoms with Gasteiger partial charge >= 0.3 is 0 Å². The summed E-state index contributed by atoms with van der Waals surface area (Å²) >= 11 is 1.72. The predicted molar refractivity (Wildman–Crippen MR) is 61.8 cm³/mol. The lowest BCUT2D eigenvalue weighted by molar-refractivity contribution is 0.556. The van der Waals surface area contributed by atoms with E-state index in [9.17, 15) is 0 Å². The average Bonchev–Trinajstić information content (AvgIpc) is 2.63. The summed E-state index contributed by atoms with van der Waals surface area (Å²) in [5, 5.41) is 9.99. The van der Waals surface area contributed by atoms with E-state index in [-0.39, 0.29) is 0 Å². The van der Waals surface area contributed by atoms with Crippen LogP contribution in [0, 0.1) is 0 Å². The molecule has 0 aliphatic heterocycles.